The number of nitrogens with one attached hydrogen (secondary N) is 1. The summed E-state index contributed by atoms with van der Waals surface area (Å²) in [4.78, 5) is 4.26. The van der Waals surface area contributed by atoms with E-state index in [1.165, 1.54) is 16.9 Å². The van der Waals surface area contributed by atoms with Crippen LogP contribution < -0.4 is 11.1 Å². The minimum absolute atomic E-state index is 0. The van der Waals surface area contributed by atoms with Crippen molar-refractivity contribution in [3.05, 3.63) is 34.8 Å². The Morgan fingerprint density at radius 2 is 2.05 bits per heavy atom. The number of aromatic nitrogens is 2. The molecule has 0 atom stereocenters. The molecule has 2 aromatic rings. The predicted molar refractivity (Wildman–Crippen MR) is 102 cm³/mol. The lowest BCUT2D eigenvalue weighted by molar-refractivity contribution is 0.926. The van der Waals surface area contributed by atoms with Gasteiger partial charge in [-0.1, -0.05) is 42.2 Å². The fraction of sp³-hybridized carbons (Fsp3) is 0.308. The summed E-state index contributed by atoms with van der Waals surface area (Å²) in [5, 5.41) is 12.0. The molecular formula is C13H18IN5S2. The summed E-state index contributed by atoms with van der Waals surface area (Å²) in [6, 6.07) is 8.15. The molecule has 0 radical (unpaired) electrons. The molecule has 0 amide bonds. The molecule has 0 saturated carbocycles. The van der Waals surface area contributed by atoms with Gasteiger partial charge in [-0.3, -0.25) is 0 Å². The number of anilines is 1. The first-order valence-corrected chi connectivity index (χ1v) is 8.27. The fourth-order valence-electron chi connectivity index (χ4n) is 1.55. The van der Waals surface area contributed by atoms with Crippen LogP contribution >= 0.6 is 47.1 Å². The maximum Gasteiger partial charge on any atom is 0.193 e. The first-order chi connectivity index (χ1) is 9.71. The van der Waals surface area contributed by atoms with E-state index in [0.717, 1.165) is 21.5 Å². The van der Waals surface area contributed by atoms with Crippen molar-refractivity contribution < 1.29 is 0 Å². The van der Waals surface area contributed by atoms with Crippen LogP contribution in [0.15, 0.2) is 33.6 Å². The van der Waals surface area contributed by atoms with Crippen LogP contribution in [0.3, 0.4) is 0 Å². The SMILES string of the molecule is CCc1ccc(NC(N)=NCc2nnc(SC)s2)cc1.I. The van der Waals surface area contributed by atoms with E-state index in [1.807, 2.05) is 18.4 Å². The Kier molecular flexibility index (Phi) is 7.97. The number of halogens is 1. The van der Waals surface area contributed by atoms with Crippen molar-refractivity contribution in [1.82, 2.24) is 10.2 Å². The molecule has 5 nitrogen and oxygen atoms in total. The molecule has 21 heavy (non-hydrogen) atoms. The lowest BCUT2D eigenvalue weighted by atomic mass is 10.1. The van der Waals surface area contributed by atoms with Crippen molar-refractivity contribution >= 4 is 58.7 Å². The van der Waals surface area contributed by atoms with E-state index < -0.39 is 0 Å². The summed E-state index contributed by atoms with van der Waals surface area (Å²) in [7, 11) is 0. The topological polar surface area (TPSA) is 76.2 Å². The van der Waals surface area contributed by atoms with Crippen molar-refractivity contribution in [3.63, 3.8) is 0 Å². The van der Waals surface area contributed by atoms with E-state index >= 15 is 0 Å². The fourth-order valence-corrected chi connectivity index (χ4v) is 2.79. The first kappa shape index (κ1) is 18.2. The molecule has 3 N–H and O–H groups in total. The molecule has 0 saturated heterocycles. The molecule has 8 heteroatoms. The van der Waals surface area contributed by atoms with Crippen LogP contribution in [0.1, 0.15) is 17.5 Å². The van der Waals surface area contributed by atoms with E-state index in [4.69, 9.17) is 5.73 Å². The Morgan fingerprint density at radius 3 is 2.62 bits per heavy atom. The van der Waals surface area contributed by atoms with Crippen molar-refractivity contribution in [1.29, 1.82) is 0 Å². The summed E-state index contributed by atoms with van der Waals surface area (Å²) < 4.78 is 0.942. The van der Waals surface area contributed by atoms with Gasteiger partial charge >= 0.3 is 0 Å². The number of benzene rings is 1. The van der Waals surface area contributed by atoms with Crippen LogP contribution in [0.4, 0.5) is 5.69 Å². The molecule has 1 heterocycles. The van der Waals surface area contributed by atoms with Crippen LogP contribution in [0, 0.1) is 0 Å². The highest BCUT2D eigenvalue weighted by Gasteiger charge is 2.02. The second kappa shape index (κ2) is 9.21. The molecule has 0 bridgehead atoms. The van der Waals surface area contributed by atoms with Gasteiger partial charge in [-0.15, -0.1) is 34.2 Å². The zero-order valence-corrected chi connectivity index (χ0v) is 15.8. The van der Waals surface area contributed by atoms with Gasteiger partial charge in [-0.25, -0.2) is 4.99 Å². The summed E-state index contributed by atoms with van der Waals surface area (Å²) >= 11 is 3.12. The summed E-state index contributed by atoms with van der Waals surface area (Å²) in [6.07, 6.45) is 3.00. The molecule has 0 spiro atoms. The number of hydrogen-bond donors (Lipinski definition) is 2. The van der Waals surface area contributed by atoms with Crippen LogP contribution in [-0.4, -0.2) is 22.4 Å². The van der Waals surface area contributed by atoms with Gasteiger partial charge in [0, 0.05) is 5.69 Å². The van der Waals surface area contributed by atoms with Gasteiger partial charge in [-0.05, 0) is 30.4 Å². The van der Waals surface area contributed by atoms with Crippen LogP contribution in [0.5, 0.6) is 0 Å². The summed E-state index contributed by atoms with van der Waals surface area (Å²) in [5.41, 5.74) is 8.09. The molecule has 1 aromatic heterocycles. The van der Waals surface area contributed by atoms with E-state index in [2.05, 4.69) is 39.6 Å². The highest BCUT2D eigenvalue weighted by atomic mass is 127. The van der Waals surface area contributed by atoms with E-state index in [-0.39, 0.29) is 24.0 Å². The Bertz CT molecular complexity index is 583. The van der Waals surface area contributed by atoms with Crippen molar-refractivity contribution in [3.8, 4) is 0 Å². The molecule has 114 valence electrons. The van der Waals surface area contributed by atoms with E-state index in [9.17, 15) is 0 Å². The number of thioether (sulfide) groups is 1. The maximum absolute atomic E-state index is 5.85. The van der Waals surface area contributed by atoms with Gasteiger partial charge in [0.25, 0.3) is 0 Å². The minimum Gasteiger partial charge on any atom is -0.370 e. The Hall–Kier alpha value is -0.870. The van der Waals surface area contributed by atoms with Crippen LogP contribution in [0.2, 0.25) is 0 Å². The molecule has 2 rings (SSSR count). The number of aliphatic imine (C=N–C) groups is 1. The van der Waals surface area contributed by atoms with Crippen molar-refractivity contribution in [2.45, 2.75) is 24.2 Å². The molecule has 1 aromatic carbocycles. The zero-order chi connectivity index (χ0) is 14.4. The Balaban J connectivity index is 0.00000220. The number of nitrogens with two attached hydrogens (primary N) is 1. The van der Waals surface area contributed by atoms with Crippen LogP contribution in [0.25, 0.3) is 0 Å². The van der Waals surface area contributed by atoms with Gasteiger partial charge in [0.05, 0.1) is 6.54 Å². The molecule has 0 aliphatic rings. The molecular weight excluding hydrogens is 417 g/mol. The Labute approximate surface area is 149 Å². The van der Waals surface area contributed by atoms with Gasteiger partial charge in [-0.2, -0.15) is 0 Å². The lowest BCUT2D eigenvalue weighted by Crippen LogP contribution is -2.22. The largest absolute Gasteiger partial charge is 0.370 e. The van der Waals surface area contributed by atoms with Gasteiger partial charge in [0.2, 0.25) is 0 Å². The van der Waals surface area contributed by atoms with Gasteiger partial charge in [0.1, 0.15) is 5.01 Å². The number of aryl methyl sites for hydroxylation is 1. The van der Waals surface area contributed by atoms with Crippen LogP contribution in [-0.2, 0) is 13.0 Å². The van der Waals surface area contributed by atoms with Crippen molar-refractivity contribution in [2.24, 2.45) is 10.7 Å². The van der Waals surface area contributed by atoms with Gasteiger partial charge in [0.15, 0.2) is 10.3 Å². The predicted octanol–water partition coefficient (Wildman–Crippen LogP) is 3.37. The standard InChI is InChI=1S/C13H17N5S2.HI/c1-3-9-4-6-10(7-5-9)16-12(14)15-8-11-17-18-13(19-2)20-11;/h4-7H,3,8H2,1-2H3,(H3,14,15,16);1H. The third kappa shape index (κ3) is 5.79. The third-order valence-electron chi connectivity index (χ3n) is 2.64. The quantitative estimate of drug-likeness (QED) is 0.326. The summed E-state index contributed by atoms with van der Waals surface area (Å²) in [5.74, 6) is 0.384. The monoisotopic (exact) mass is 435 g/mol. The number of hydrogen-bond acceptors (Lipinski definition) is 5. The minimum atomic E-state index is 0. The zero-order valence-electron chi connectivity index (χ0n) is 11.9. The van der Waals surface area contributed by atoms with Gasteiger partial charge < -0.3 is 11.1 Å². The maximum atomic E-state index is 5.85. The molecule has 0 unspecified atom stereocenters. The average molecular weight is 435 g/mol. The first-order valence-electron chi connectivity index (χ1n) is 6.23. The number of nitrogens with zero attached hydrogens (tertiary/aromatic N) is 3. The lowest BCUT2D eigenvalue weighted by Gasteiger charge is -2.05. The number of guanidine groups is 1. The summed E-state index contributed by atoms with van der Waals surface area (Å²) in [6.45, 7) is 2.58. The second-order valence-electron chi connectivity index (χ2n) is 4.04. The number of rotatable bonds is 5. The smallest absolute Gasteiger partial charge is 0.193 e. The highest BCUT2D eigenvalue weighted by Crippen LogP contribution is 2.19. The normalized spacial score (nSPS) is 11.0. The molecule has 0 aliphatic carbocycles. The average Bonchev–Trinajstić information content (AvgIpc) is 2.94. The van der Waals surface area contributed by atoms with Crippen molar-refractivity contribution in [2.75, 3.05) is 11.6 Å². The molecule has 0 fully saturated rings. The van der Waals surface area contributed by atoms with E-state index in [0.29, 0.717) is 12.5 Å². The second-order valence-corrected chi connectivity index (χ2v) is 6.16. The highest BCUT2D eigenvalue weighted by molar-refractivity contribution is 14.0. The molecule has 0 aliphatic heterocycles. The Morgan fingerprint density at radius 1 is 1.33 bits per heavy atom. The third-order valence-corrected chi connectivity index (χ3v) is 4.53. The van der Waals surface area contributed by atoms with E-state index in [1.54, 1.807) is 11.8 Å².